The van der Waals surface area contributed by atoms with Gasteiger partial charge in [0.05, 0.1) is 5.52 Å². The lowest BCUT2D eigenvalue weighted by atomic mass is 10.2. The summed E-state index contributed by atoms with van der Waals surface area (Å²) in [7, 11) is 0. The molecule has 4 heterocycles. The molecule has 0 unspecified atom stereocenters. The van der Waals surface area contributed by atoms with Crippen molar-refractivity contribution in [3.8, 4) is 0 Å². The minimum atomic E-state index is 0.604. The molecule has 0 saturated carbocycles. The number of rotatable bonds is 3. The van der Waals surface area contributed by atoms with Crippen molar-refractivity contribution < 1.29 is 0 Å². The summed E-state index contributed by atoms with van der Waals surface area (Å²) in [5, 5.41) is 5.05. The summed E-state index contributed by atoms with van der Waals surface area (Å²) in [5.74, 6) is 0.749. The molecule has 0 aliphatic carbocycles. The molecule has 1 aromatic carbocycles. The fourth-order valence-electron chi connectivity index (χ4n) is 3.11. The van der Waals surface area contributed by atoms with E-state index in [2.05, 4.69) is 15.3 Å². The summed E-state index contributed by atoms with van der Waals surface area (Å²) in [6.45, 7) is 0.604. The van der Waals surface area contributed by atoms with Crippen LogP contribution in [-0.2, 0) is 6.54 Å². The average molecular weight is 361 g/mol. The second kappa shape index (κ2) is 5.93. The molecule has 26 heavy (non-hydrogen) atoms. The van der Waals surface area contributed by atoms with Gasteiger partial charge in [-0.25, -0.2) is 15.0 Å². The molecule has 0 atom stereocenters. The molecule has 0 saturated heterocycles. The zero-order valence-corrected chi connectivity index (χ0v) is 14.4. The molecule has 0 amide bonds. The zero-order chi connectivity index (χ0) is 17.5. The monoisotopic (exact) mass is 360 g/mol. The first kappa shape index (κ1) is 15.0. The van der Waals surface area contributed by atoms with Crippen molar-refractivity contribution in [2.75, 3.05) is 5.32 Å². The van der Waals surface area contributed by atoms with Crippen molar-refractivity contribution >= 4 is 45.0 Å². The molecular formula is C19H13ClN6. The summed E-state index contributed by atoms with van der Waals surface area (Å²) in [4.78, 5) is 18.0. The Labute approximate surface area is 153 Å². The van der Waals surface area contributed by atoms with E-state index in [1.54, 1.807) is 24.9 Å². The van der Waals surface area contributed by atoms with Crippen LogP contribution in [0.2, 0.25) is 5.02 Å². The lowest BCUT2D eigenvalue weighted by molar-refractivity contribution is 1.09. The smallest absolute Gasteiger partial charge is 0.153 e. The average Bonchev–Trinajstić information content (AvgIpc) is 3.06. The number of pyridine rings is 2. The predicted molar refractivity (Wildman–Crippen MR) is 102 cm³/mol. The van der Waals surface area contributed by atoms with Gasteiger partial charge in [-0.2, -0.15) is 0 Å². The third-order valence-corrected chi connectivity index (χ3v) is 4.52. The number of hydrogen-bond donors (Lipinski definition) is 1. The molecule has 6 nitrogen and oxygen atoms in total. The maximum Gasteiger partial charge on any atom is 0.153 e. The first-order valence-corrected chi connectivity index (χ1v) is 8.51. The Balaban J connectivity index is 1.71. The van der Waals surface area contributed by atoms with Crippen LogP contribution in [0, 0.1) is 0 Å². The topological polar surface area (TPSA) is 68.0 Å². The maximum absolute atomic E-state index is 6.09. The number of anilines is 1. The SMILES string of the molecule is Clc1cccc(CNc2nc3ccncc3c3nc4ccncn4c23)c1. The van der Waals surface area contributed by atoms with Gasteiger partial charge in [0.2, 0.25) is 0 Å². The first-order chi connectivity index (χ1) is 12.8. The van der Waals surface area contributed by atoms with Crippen molar-refractivity contribution in [2.45, 2.75) is 6.54 Å². The number of fused-ring (bicyclic) bond motifs is 5. The van der Waals surface area contributed by atoms with Gasteiger partial charge < -0.3 is 5.32 Å². The standard InChI is InChI=1S/C19H13ClN6/c20-13-3-1-2-12(8-13)9-23-19-18-17(14-10-21-6-4-15(14)24-19)25-16-5-7-22-11-26(16)18/h1-8,10-11H,9H2,(H,23,24). The van der Waals surface area contributed by atoms with Gasteiger partial charge in [-0.3, -0.25) is 9.38 Å². The van der Waals surface area contributed by atoms with Crippen LogP contribution in [0.3, 0.4) is 0 Å². The molecule has 4 aromatic heterocycles. The van der Waals surface area contributed by atoms with Crippen molar-refractivity contribution in [3.63, 3.8) is 0 Å². The Kier molecular flexibility index (Phi) is 3.43. The zero-order valence-electron chi connectivity index (χ0n) is 13.6. The van der Waals surface area contributed by atoms with E-state index < -0.39 is 0 Å². The van der Waals surface area contributed by atoms with Gasteiger partial charge in [0, 0.05) is 35.5 Å². The van der Waals surface area contributed by atoms with E-state index in [0.717, 1.165) is 39.0 Å². The van der Waals surface area contributed by atoms with Gasteiger partial charge in [-0.15, -0.1) is 0 Å². The largest absolute Gasteiger partial charge is 0.364 e. The number of nitrogens with one attached hydrogen (secondary N) is 1. The molecular weight excluding hydrogens is 348 g/mol. The number of aromatic nitrogens is 5. The number of halogens is 1. The van der Waals surface area contributed by atoms with Gasteiger partial charge in [-0.05, 0) is 29.8 Å². The van der Waals surface area contributed by atoms with E-state index in [0.29, 0.717) is 11.6 Å². The van der Waals surface area contributed by atoms with Crippen LogP contribution in [0.25, 0.3) is 27.6 Å². The maximum atomic E-state index is 6.09. The summed E-state index contributed by atoms with van der Waals surface area (Å²) in [6, 6.07) is 11.5. The van der Waals surface area contributed by atoms with Crippen LogP contribution in [0.15, 0.2) is 61.3 Å². The molecule has 5 rings (SSSR count). The van der Waals surface area contributed by atoms with Crippen molar-refractivity contribution in [3.05, 3.63) is 71.9 Å². The van der Waals surface area contributed by atoms with Crippen molar-refractivity contribution in [2.24, 2.45) is 0 Å². The van der Waals surface area contributed by atoms with Gasteiger partial charge in [0.15, 0.2) is 5.82 Å². The molecule has 0 fully saturated rings. The highest BCUT2D eigenvalue weighted by molar-refractivity contribution is 6.30. The second-order valence-corrected chi connectivity index (χ2v) is 6.39. The number of nitrogens with zero attached hydrogens (tertiary/aromatic N) is 5. The molecule has 0 aliphatic heterocycles. The van der Waals surface area contributed by atoms with Crippen LogP contribution in [-0.4, -0.2) is 24.3 Å². The number of hydrogen-bond acceptors (Lipinski definition) is 5. The second-order valence-electron chi connectivity index (χ2n) is 5.95. The van der Waals surface area contributed by atoms with Gasteiger partial charge in [0.25, 0.3) is 0 Å². The molecule has 0 radical (unpaired) electrons. The van der Waals surface area contributed by atoms with Gasteiger partial charge in [0.1, 0.15) is 23.0 Å². The van der Waals surface area contributed by atoms with Crippen LogP contribution in [0.4, 0.5) is 5.82 Å². The Bertz CT molecular complexity index is 1260. The Morgan fingerprint density at radius 3 is 2.88 bits per heavy atom. The number of imidazole rings is 1. The minimum absolute atomic E-state index is 0.604. The normalized spacial score (nSPS) is 11.4. The molecule has 5 aromatic rings. The Morgan fingerprint density at radius 1 is 1.04 bits per heavy atom. The van der Waals surface area contributed by atoms with Crippen LogP contribution in [0.1, 0.15) is 5.56 Å². The summed E-state index contributed by atoms with van der Waals surface area (Å²) < 4.78 is 1.94. The third-order valence-electron chi connectivity index (χ3n) is 4.29. The summed E-state index contributed by atoms with van der Waals surface area (Å²) in [5.41, 5.74) is 4.48. The Morgan fingerprint density at radius 2 is 1.96 bits per heavy atom. The fourth-order valence-corrected chi connectivity index (χ4v) is 3.32. The lowest BCUT2D eigenvalue weighted by Crippen LogP contribution is -2.03. The third kappa shape index (κ3) is 2.43. The minimum Gasteiger partial charge on any atom is -0.364 e. The highest BCUT2D eigenvalue weighted by Crippen LogP contribution is 2.29. The molecule has 1 N–H and O–H groups in total. The van der Waals surface area contributed by atoms with Crippen LogP contribution in [0.5, 0.6) is 0 Å². The molecule has 0 bridgehead atoms. The quantitative estimate of drug-likeness (QED) is 0.525. The molecule has 0 aliphatic rings. The highest BCUT2D eigenvalue weighted by Gasteiger charge is 2.15. The number of benzene rings is 1. The van der Waals surface area contributed by atoms with E-state index in [9.17, 15) is 0 Å². The van der Waals surface area contributed by atoms with E-state index in [-0.39, 0.29) is 0 Å². The van der Waals surface area contributed by atoms with Gasteiger partial charge in [-0.1, -0.05) is 23.7 Å². The van der Waals surface area contributed by atoms with E-state index >= 15 is 0 Å². The van der Waals surface area contributed by atoms with E-state index in [1.807, 2.05) is 40.8 Å². The van der Waals surface area contributed by atoms with Crippen LogP contribution >= 0.6 is 11.6 Å². The molecule has 126 valence electrons. The van der Waals surface area contributed by atoms with Crippen molar-refractivity contribution in [1.29, 1.82) is 0 Å². The van der Waals surface area contributed by atoms with E-state index in [1.165, 1.54) is 0 Å². The summed E-state index contributed by atoms with van der Waals surface area (Å²) >= 11 is 6.09. The first-order valence-electron chi connectivity index (χ1n) is 8.13. The van der Waals surface area contributed by atoms with Crippen molar-refractivity contribution in [1.82, 2.24) is 24.3 Å². The Hall–Kier alpha value is -3.25. The lowest BCUT2D eigenvalue weighted by Gasteiger charge is -2.09. The van der Waals surface area contributed by atoms with E-state index in [4.69, 9.17) is 21.6 Å². The highest BCUT2D eigenvalue weighted by atomic mass is 35.5. The summed E-state index contributed by atoms with van der Waals surface area (Å²) in [6.07, 6.45) is 7.01. The van der Waals surface area contributed by atoms with Crippen LogP contribution < -0.4 is 5.32 Å². The molecule has 0 spiro atoms. The predicted octanol–water partition coefficient (Wildman–Crippen LogP) is 4.09. The fraction of sp³-hybridized carbons (Fsp3) is 0.0526. The molecule has 7 heteroatoms. The van der Waals surface area contributed by atoms with Gasteiger partial charge >= 0.3 is 0 Å².